The van der Waals surface area contributed by atoms with Gasteiger partial charge in [0.1, 0.15) is 11.4 Å². The molecule has 2 aromatic carbocycles. The fourth-order valence-electron chi connectivity index (χ4n) is 1.78. The molecule has 0 unspecified atom stereocenters. The maximum absolute atomic E-state index is 11.0. The van der Waals surface area contributed by atoms with E-state index in [-0.39, 0.29) is 5.69 Å². The van der Waals surface area contributed by atoms with Gasteiger partial charge in [-0.2, -0.15) is 0 Å². The van der Waals surface area contributed by atoms with Crippen molar-refractivity contribution in [3.8, 4) is 5.75 Å². The second kappa shape index (κ2) is 6.95. The van der Waals surface area contributed by atoms with Crippen molar-refractivity contribution < 1.29 is 9.66 Å². The lowest BCUT2D eigenvalue weighted by atomic mass is 10.2. The summed E-state index contributed by atoms with van der Waals surface area (Å²) in [5.41, 5.74) is 1.06. The predicted molar refractivity (Wildman–Crippen MR) is 83.6 cm³/mol. The van der Waals surface area contributed by atoms with E-state index in [2.05, 4.69) is 5.32 Å². The van der Waals surface area contributed by atoms with Gasteiger partial charge in [0.05, 0.1) is 11.5 Å². The molecule has 0 heterocycles. The zero-order chi connectivity index (χ0) is 15.2. The molecule has 0 atom stereocenters. The van der Waals surface area contributed by atoms with Crippen molar-refractivity contribution >= 4 is 28.7 Å². The number of nitro groups is 1. The highest BCUT2D eigenvalue weighted by molar-refractivity contribution is 6.31. The van der Waals surface area contributed by atoms with Gasteiger partial charge in [0, 0.05) is 16.8 Å². The molecule has 0 saturated heterocycles. The Morgan fingerprint density at radius 2 is 1.95 bits per heavy atom. The van der Waals surface area contributed by atoms with Crippen molar-refractivity contribution in [3.05, 3.63) is 57.6 Å². The normalized spacial score (nSPS) is 10.2. The Morgan fingerprint density at radius 3 is 2.57 bits per heavy atom. The highest BCUT2D eigenvalue weighted by atomic mass is 35.5. The summed E-state index contributed by atoms with van der Waals surface area (Å²) in [4.78, 5) is 10.6. The van der Waals surface area contributed by atoms with Gasteiger partial charge < -0.3 is 10.1 Å². The molecule has 0 aromatic heterocycles. The zero-order valence-corrected chi connectivity index (χ0v) is 12.3. The third-order valence-electron chi connectivity index (χ3n) is 2.76. The van der Waals surface area contributed by atoms with Crippen LogP contribution in [-0.2, 0) is 0 Å². The van der Waals surface area contributed by atoms with Crippen LogP contribution in [0.25, 0.3) is 0 Å². The van der Waals surface area contributed by atoms with Crippen LogP contribution in [0.3, 0.4) is 0 Å². The number of nitrogens with zero attached hydrogens (tertiary/aromatic N) is 1. The van der Waals surface area contributed by atoms with E-state index in [0.29, 0.717) is 17.3 Å². The number of hydrogen-bond donors (Lipinski definition) is 1. The molecule has 2 aromatic rings. The third kappa shape index (κ3) is 4.10. The number of nitrogens with one attached hydrogen (secondary N) is 1. The Bertz CT molecular complexity index is 629. The van der Waals surface area contributed by atoms with Gasteiger partial charge in [0.2, 0.25) is 0 Å². The number of rotatable bonds is 6. The fraction of sp³-hybridized carbons (Fsp3) is 0.200. The largest absolute Gasteiger partial charge is 0.494 e. The summed E-state index contributed by atoms with van der Waals surface area (Å²) in [7, 11) is 0. The van der Waals surface area contributed by atoms with Gasteiger partial charge in [0.25, 0.3) is 5.69 Å². The first-order chi connectivity index (χ1) is 10.1. The molecule has 6 heteroatoms. The predicted octanol–water partition coefficient (Wildman–Crippen LogP) is 4.78. The van der Waals surface area contributed by atoms with E-state index in [0.717, 1.165) is 17.9 Å². The highest BCUT2D eigenvalue weighted by Crippen LogP contribution is 2.30. The van der Waals surface area contributed by atoms with Crippen LogP contribution in [0.4, 0.5) is 17.1 Å². The molecule has 0 spiro atoms. The van der Waals surface area contributed by atoms with Crippen LogP contribution >= 0.6 is 11.6 Å². The molecular formula is C15H15ClN2O3. The lowest BCUT2D eigenvalue weighted by molar-refractivity contribution is -0.383. The van der Waals surface area contributed by atoms with E-state index in [4.69, 9.17) is 16.3 Å². The molecule has 0 aliphatic rings. The highest BCUT2D eigenvalue weighted by Gasteiger charge is 2.14. The standard InChI is InChI=1S/C15H15ClN2O3/c1-2-9-21-13-6-4-12(5-7-13)17-14-10-11(16)3-8-15(14)18(19)20/h3-8,10,17H,2,9H2,1H3. The third-order valence-corrected chi connectivity index (χ3v) is 3.00. The lowest BCUT2D eigenvalue weighted by Crippen LogP contribution is -1.98. The molecule has 0 bridgehead atoms. The summed E-state index contributed by atoms with van der Waals surface area (Å²) in [6.45, 7) is 2.70. The minimum Gasteiger partial charge on any atom is -0.494 e. The number of nitro benzene ring substituents is 1. The summed E-state index contributed by atoms with van der Waals surface area (Å²) >= 11 is 5.89. The molecule has 110 valence electrons. The SMILES string of the molecule is CCCOc1ccc(Nc2cc(Cl)ccc2[N+](=O)[O-])cc1. The Balaban J connectivity index is 2.18. The first-order valence-corrected chi connectivity index (χ1v) is 6.92. The summed E-state index contributed by atoms with van der Waals surface area (Å²) < 4.78 is 5.48. The molecule has 0 fully saturated rings. The number of halogens is 1. The van der Waals surface area contributed by atoms with Crippen molar-refractivity contribution in [2.45, 2.75) is 13.3 Å². The minimum absolute atomic E-state index is 0.0225. The number of ether oxygens (including phenoxy) is 1. The van der Waals surface area contributed by atoms with Gasteiger partial charge in [-0.25, -0.2) is 0 Å². The number of hydrogen-bond acceptors (Lipinski definition) is 4. The van der Waals surface area contributed by atoms with Crippen molar-refractivity contribution in [3.63, 3.8) is 0 Å². The van der Waals surface area contributed by atoms with E-state index in [9.17, 15) is 10.1 Å². The van der Waals surface area contributed by atoms with E-state index in [1.807, 2.05) is 19.1 Å². The van der Waals surface area contributed by atoms with Gasteiger partial charge in [0.15, 0.2) is 0 Å². The number of benzene rings is 2. The molecular weight excluding hydrogens is 292 g/mol. The maximum atomic E-state index is 11.0. The van der Waals surface area contributed by atoms with Crippen molar-refractivity contribution in [2.24, 2.45) is 0 Å². The van der Waals surface area contributed by atoms with Crippen molar-refractivity contribution in [1.29, 1.82) is 0 Å². The monoisotopic (exact) mass is 306 g/mol. The Hall–Kier alpha value is -2.27. The fourth-order valence-corrected chi connectivity index (χ4v) is 1.95. The first-order valence-electron chi connectivity index (χ1n) is 6.54. The average molecular weight is 307 g/mol. The smallest absolute Gasteiger partial charge is 0.292 e. The van der Waals surface area contributed by atoms with Crippen LogP contribution in [0.15, 0.2) is 42.5 Å². The van der Waals surface area contributed by atoms with E-state index < -0.39 is 4.92 Å². The van der Waals surface area contributed by atoms with E-state index in [1.54, 1.807) is 12.1 Å². The summed E-state index contributed by atoms with van der Waals surface area (Å²) in [6, 6.07) is 11.6. The van der Waals surface area contributed by atoms with Crippen LogP contribution in [0.5, 0.6) is 5.75 Å². The lowest BCUT2D eigenvalue weighted by Gasteiger charge is -2.09. The van der Waals surface area contributed by atoms with E-state index >= 15 is 0 Å². The van der Waals surface area contributed by atoms with Crippen LogP contribution in [0.2, 0.25) is 5.02 Å². The van der Waals surface area contributed by atoms with E-state index in [1.165, 1.54) is 18.2 Å². The molecule has 0 aliphatic heterocycles. The molecule has 0 aliphatic carbocycles. The van der Waals surface area contributed by atoms with Gasteiger partial charge in [-0.1, -0.05) is 18.5 Å². The van der Waals surface area contributed by atoms with Crippen LogP contribution in [0, 0.1) is 10.1 Å². The second-order valence-corrected chi connectivity index (χ2v) is 4.85. The molecule has 21 heavy (non-hydrogen) atoms. The maximum Gasteiger partial charge on any atom is 0.292 e. The Morgan fingerprint density at radius 1 is 1.24 bits per heavy atom. The molecule has 2 rings (SSSR count). The quantitative estimate of drug-likeness (QED) is 0.616. The zero-order valence-electron chi connectivity index (χ0n) is 11.5. The Labute approximate surface area is 127 Å². The Kier molecular flexibility index (Phi) is 5.00. The molecule has 0 amide bonds. The van der Waals surface area contributed by atoms with Crippen LogP contribution < -0.4 is 10.1 Å². The molecule has 1 N–H and O–H groups in total. The van der Waals surface area contributed by atoms with Gasteiger partial charge in [-0.3, -0.25) is 10.1 Å². The summed E-state index contributed by atoms with van der Waals surface area (Å²) in [5.74, 6) is 0.767. The average Bonchev–Trinajstić information content (AvgIpc) is 2.46. The number of anilines is 2. The molecule has 0 radical (unpaired) electrons. The van der Waals surface area contributed by atoms with Gasteiger partial charge >= 0.3 is 0 Å². The second-order valence-electron chi connectivity index (χ2n) is 4.42. The first kappa shape index (κ1) is 15.1. The van der Waals surface area contributed by atoms with Gasteiger partial charge in [-0.15, -0.1) is 0 Å². The van der Waals surface area contributed by atoms with Crippen molar-refractivity contribution in [2.75, 3.05) is 11.9 Å². The minimum atomic E-state index is -0.447. The molecule has 0 saturated carbocycles. The summed E-state index contributed by atoms with van der Waals surface area (Å²) in [5, 5.41) is 14.4. The van der Waals surface area contributed by atoms with Gasteiger partial charge in [-0.05, 0) is 42.8 Å². The topological polar surface area (TPSA) is 64.4 Å². The summed E-state index contributed by atoms with van der Waals surface area (Å²) in [6.07, 6.45) is 0.939. The van der Waals surface area contributed by atoms with Crippen LogP contribution in [-0.4, -0.2) is 11.5 Å². The van der Waals surface area contributed by atoms with Crippen LogP contribution in [0.1, 0.15) is 13.3 Å². The molecule has 5 nitrogen and oxygen atoms in total. The van der Waals surface area contributed by atoms with Crippen molar-refractivity contribution in [1.82, 2.24) is 0 Å².